The Labute approximate surface area is 102 Å². The molecule has 1 aliphatic heterocycles. The van der Waals surface area contributed by atoms with Crippen LogP contribution >= 0.6 is 11.3 Å². The quantitative estimate of drug-likeness (QED) is 0.877. The Balaban J connectivity index is 2.09. The lowest BCUT2D eigenvalue weighted by atomic mass is 10.1. The normalized spacial score (nSPS) is 17.5. The van der Waals surface area contributed by atoms with Crippen LogP contribution in [0.3, 0.4) is 0 Å². The largest absolute Gasteiger partial charge is 0.326 e. The first-order valence-electron chi connectivity index (χ1n) is 6.11. The van der Waals surface area contributed by atoms with Gasteiger partial charge in [-0.05, 0) is 31.8 Å². The van der Waals surface area contributed by atoms with E-state index in [4.69, 9.17) is 10.7 Å². The van der Waals surface area contributed by atoms with Gasteiger partial charge in [0.25, 0.3) is 0 Å². The fourth-order valence-corrected chi connectivity index (χ4v) is 3.36. The Morgan fingerprint density at radius 3 is 2.56 bits per heavy atom. The molecule has 1 aromatic heterocycles. The van der Waals surface area contributed by atoms with Gasteiger partial charge in [0.05, 0.1) is 12.2 Å². The fourth-order valence-electron chi connectivity index (χ4n) is 2.21. The summed E-state index contributed by atoms with van der Waals surface area (Å²) in [6, 6.07) is 0. The maximum atomic E-state index is 5.77. The molecule has 90 valence electrons. The fraction of sp³-hybridized carbons (Fsp3) is 0.750. The topological polar surface area (TPSA) is 42.2 Å². The average Bonchev–Trinajstić information content (AvgIpc) is 2.87. The van der Waals surface area contributed by atoms with Crippen molar-refractivity contribution in [3.8, 4) is 0 Å². The van der Waals surface area contributed by atoms with Gasteiger partial charge in [-0.1, -0.05) is 13.8 Å². The van der Waals surface area contributed by atoms with Crippen LogP contribution in [0.5, 0.6) is 0 Å². The highest BCUT2D eigenvalue weighted by molar-refractivity contribution is 7.11. The molecule has 16 heavy (non-hydrogen) atoms. The second kappa shape index (κ2) is 5.25. The second-order valence-corrected chi connectivity index (χ2v) is 5.93. The zero-order chi connectivity index (χ0) is 11.5. The first-order chi connectivity index (χ1) is 7.70. The van der Waals surface area contributed by atoms with E-state index >= 15 is 0 Å². The van der Waals surface area contributed by atoms with Gasteiger partial charge >= 0.3 is 0 Å². The van der Waals surface area contributed by atoms with Crippen LogP contribution in [-0.4, -0.2) is 23.0 Å². The van der Waals surface area contributed by atoms with Crippen LogP contribution in [0.25, 0.3) is 0 Å². The van der Waals surface area contributed by atoms with E-state index in [1.807, 2.05) is 0 Å². The Kier molecular flexibility index (Phi) is 3.95. The molecule has 1 aromatic rings. The first kappa shape index (κ1) is 12.0. The summed E-state index contributed by atoms with van der Waals surface area (Å²) in [4.78, 5) is 8.50. The van der Waals surface area contributed by atoms with Crippen LogP contribution in [0.4, 0.5) is 0 Å². The van der Waals surface area contributed by atoms with Crippen LogP contribution in [0.2, 0.25) is 0 Å². The monoisotopic (exact) mass is 239 g/mol. The molecule has 1 aliphatic rings. The second-order valence-electron chi connectivity index (χ2n) is 4.76. The number of rotatable bonds is 4. The summed E-state index contributed by atoms with van der Waals surface area (Å²) in [5.41, 5.74) is 6.98. The van der Waals surface area contributed by atoms with Gasteiger partial charge < -0.3 is 5.73 Å². The van der Waals surface area contributed by atoms with Gasteiger partial charge in [0.1, 0.15) is 5.01 Å². The number of aromatic nitrogens is 1. The summed E-state index contributed by atoms with van der Waals surface area (Å²) in [5.74, 6) is 0.488. The van der Waals surface area contributed by atoms with Crippen molar-refractivity contribution in [2.24, 2.45) is 5.73 Å². The molecular weight excluding hydrogens is 218 g/mol. The SMILES string of the molecule is CC(C)c1nc(CN2CCCC2)sc1CN. The van der Waals surface area contributed by atoms with Crippen molar-refractivity contribution >= 4 is 11.3 Å². The van der Waals surface area contributed by atoms with Crippen LogP contribution in [0.1, 0.15) is 48.2 Å². The molecule has 0 aliphatic carbocycles. The maximum Gasteiger partial charge on any atom is 0.107 e. The van der Waals surface area contributed by atoms with Crippen LogP contribution in [-0.2, 0) is 13.1 Å². The average molecular weight is 239 g/mol. The van der Waals surface area contributed by atoms with Crippen LogP contribution in [0.15, 0.2) is 0 Å². The number of hydrogen-bond donors (Lipinski definition) is 1. The van der Waals surface area contributed by atoms with Crippen LogP contribution < -0.4 is 5.73 Å². The molecule has 0 bridgehead atoms. The zero-order valence-electron chi connectivity index (χ0n) is 10.2. The lowest BCUT2D eigenvalue weighted by molar-refractivity contribution is 0.330. The van der Waals surface area contributed by atoms with Gasteiger partial charge in [-0.3, -0.25) is 4.90 Å². The van der Waals surface area contributed by atoms with Gasteiger partial charge in [-0.25, -0.2) is 4.98 Å². The zero-order valence-corrected chi connectivity index (χ0v) is 11.0. The standard InChI is InChI=1S/C12H21N3S/c1-9(2)12-10(7-13)16-11(14-12)8-15-5-3-4-6-15/h9H,3-8,13H2,1-2H3. The molecule has 4 heteroatoms. The van der Waals surface area contributed by atoms with E-state index in [-0.39, 0.29) is 0 Å². The van der Waals surface area contributed by atoms with Gasteiger partial charge in [0.15, 0.2) is 0 Å². The third-order valence-electron chi connectivity index (χ3n) is 3.06. The number of hydrogen-bond acceptors (Lipinski definition) is 4. The molecule has 1 saturated heterocycles. The van der Waals surface area contributed by atoms with Crippen LogP contribution in [0, 0.1) is 0 Å². The minimum absolute atomic E-state index is 0.488. The van der Waals surface area contributed by atoms with E-state index in [0.717, 1.165) is 6.54 Å². The van der Waals surface area contributed by atoms with E-state index < -0.39 is 0 Å². The van der Waals surface area contributed by atoms with E-state index in [1.54, 1.807) is 11.3 Å². The smallest absolute Gasteiger partial charge is 0.107 e. The molecule has 0 atom stereocenters. The molecule has 0 spiro atoms. The Morgan fingerprint density at radius 1 is 1.38 bits per heavy atom. The van der Waals surface area contributed by atoms with E-state index in [1.165, 1.54) is 41.5 Å². The number of likely N-dealkylation sites (tertiary alicyclic amines) is 1. The molecule has 2 heterocycles. The lowest BCUT2D eigenvalue weighted by Crippen LogP contribution is -2.18. The molecule has 0 unspecified atom stereocenters. The summed E-state index contributed by atoms with van der Waals surface area (Å²) in [7, 11) is 0. The number of nitrogens with zero attached hydrogens (tertiary/aromatic N) is 2. The van der Waals surface area contributed by atoms with Crippen molar-refractivity contribution in [1.29, 1.82) is 0 Å². The highest BCUT2D eigenvalue weighted by Gasteiger charge is 2.17. The van der Waals surface area contributed by atoms with Gasteiger partial charge in [-0.15, -0.1) is 11.3 Å². The molecule has 2 rings (SSSR count). The van der Waals surface area contributed by atoms with Crippen molar-refractivity contribution in [3.05, 3.63) is 15.6 Å². The summed E-state index contributed by atoms with van der Waals surface area (Å²) in [6.07, 6.45) is 2.68. The number of nitrogens with two attached hydrogens (primary N) is 1. The summed E-state index contributed by atoms with van der Waals surface area (Å²) >= 11 is 1.80. The summed E-state index contributed by atoms with van der Waals surface area (Å²) in [5, 5.41) is 1.24. The summed E-state index contributed by atoms with van der Waals surface area (Å²) < 4.78 is 0. The molecule has 0 aromatic carbocycles. The van der Waals surface area contributed by atoms with E-state index in [9.17, 15) is 0 Å². The molecule has 0 radical (unpaired) electrons. The van der Waals surface area contributed by atoms with Gasteiger partial charge in [0, 0.05) is 11.4 Å². The minimum atomic E-state index is 0.488. The predicted molar refractivity (Wildman–Crippen MR) is 68.6 cm³/mol. The summed E-state index contributed by atoms with van der Waals surface area (Å²) in [6.45, 7) is 8.49. The van der Waals surface area contributed by atoms with Gasteiger partial charge in [-0.2, -0.15) is 0 Å². The molecule has 0 amide bonds. The van der Waals surface area contributed by atoms with Gasteiger partial charge in [0.2, 0.25) is 0 Å². The molecule has 3 nitrogen and oxygen atoms in total. The Morgan fingerprint density at radius 2 is 2.06 bits per heavy atom. The molecule has 1 fully saturated rings. The van der Waals surface area contributed by atoms with Crippen molar-refractivity contribution in [1.82, 2.24) is 9.88 Å². The highest BCUT2D eigenvalue weighted by Crippen LogP contribution is 2.26. The number of thiazole rings is 1. The van der Waals surface area contributed by atoms with Crippen molar-refractivity contribution < 1.29 is 0 Å². The third kappa shape index (κ3) is 2.62. The maximum absolute atomic E-state index is 5.77. The highest BCUT2D eigenvalue weighted by atomic mass is 32.1. The Hall–Kier alpha value is -0.450. The molecule has 0 saturated carbocycles. The predicted octanol–water partition coefficient (Wildman–Crippen LogP) is 2.32. The van der Waals surface area contributed by atoms with E-state index in [2.05, 4.69) is 18.7 Å². The van der Waals surface area contributed by atoms with E-state index in [0.29, 0.717) is 12.5 Å². The molecular formula is C12H21N3S. The van der Waals surface area contributed by atoms with Crippen molar-refractivity contribution in [2.75, 3.05) is 13.1 Å². The first-order valence-corrected chi connectivity index (χ1v) is 6.93. The van der Waals surface area contributed by atoms with Crippen molar-refractivity contribution in [3.63, 3.8) is 0 Å². The Bertz CT molecular complexity index is 340. The lowest BCUT2D eigenvalue weighted by Gasteiger charge is -2.11. The minimum Gasteiger partial charge on any atom is -0.326 e. The van der Waals surface area contributed by atoms with Crippen molar-refractivity contribution in [2.45, 2.75) is 45.7 Å². The third-order valence-corrected chi connectivity index (χ3v) is 4.14. The molecule has 2 N–H and O–H groups in total.